The molecule has 0 aliphatic carbocycles. The van der Waals surface area contributed by atoms with Gasteiger partial charge in [0.2, 0.25) is 0 Å². The van der Waals surface area contributed by atoms with E-state index in [1.165, 1.54) is 0 Å². The Kier molecular flexibility index (Phi) is 7.11. The summed E-state index contributed by atoms with van der Waals surface area (Å²) < 4.78 is 0. The molecule has 0 saturated heterocycles. The zero-order valence-electron chi connectivity index (χ0n) is 12.5. The molecule has 0 atom stereocenters. The first-order valence-electron chi connectivity index (χ1n) is 6.42. The van der Waals surface area contributed by atoms with Crippen molar-refractivity contribution in [1.82, 2.24) is 0 Å². The molecule has 17 heavy (non-hydrogen) atoms. The summed E-state index contributed by atoms with van der Waals surface area (Å²) in [6.45, 7) is 17.7. The molecule has 0 amide bonds. The van der Waals surface area contributed by atoms with Gasteiger partial charge in [0.15, 0.2) is 0 Å². The van der Waals surface area contributed by atoms with Crippen LogP contribution in [0, 0.1) is 0 Å². The first-order chi connectivity index (χ1) is 7.48. The first-order valence-corrected chi connectivity index (χ1v) is 12.2. The Labute approximate surface area is 119 Å². The maximum Gasteiger partial charge on any atom is -0.0341 e. The topological polar surface area (TPSA) is 14.1 Å². The van der Waals surface area contributed by atoms with Crippen molar-refractivity contribution in [3.63, 3.8) is 0 Å². The minimum Gasteiger partial charge on any atom is -0.590 e. The van der Waals surface area contributed by atoms with E-state index < -0.39 is 12.4 Å². The van der Waals surface area contributed by atoms with Crippen molar-refractivity contribution in [2.75, 3.05) is 0 Å². The zero-order valence-corrected chi connectivity index (χ0v) is 15.9. The van der Waals surface area contributed by atoms with Crippen LogP contribution in [-0.2, 0) is 23.6 Å². The average Bonchev–Trinajstić information content (AvgIpc) is 2.15. The molecule has 0 bridgehead atoms. The summed E-state index contributed by atoms with van der Waals surface area (Å²) in [7, 11) is 0. The van der Waals surface area contributed by atoms with Gasteiger partial charge in [0.25, 0.3) is 0 Å². The lowest BCUT2D eigenvalue weighted by Gasteiger charge is -2.54. The van der Waals surface area contributed by atoms with Gasteiger partial charge in [-0.05, 0) is 22.6 Å². The van der Waals surface area contributed by atoms with Gasteiger partial charge in [0.1, 0.15) is 0 Å². The molecule has 0 N–H and O–H groups in total. The molecule has 0 fully saturated rings. The van der Waals surface area contributed by atoms with Crippen LogP contribution in [0.5, 0.6) is 0 Å². The molecule has 0 unspecified atom stereocenters. The third kappa shape index (κ3) is 4.11. The smallest absolute Gasteiger partial charge is 0.0341 e. The lowest BCUT2D eigenvalue weighted by Crippen LogP contribution is -2.12. The second-order valence-electron chi connectivity index (χ2n) is 5.81. The van der Waals surface area contributed by atoms with Crippen LogP contribution in [0.4, 0.5) is 0 Å². The summed E-state index contributed by atoms with van der Waals surface area (Å²) in [5.74, 6) is 0. The van der Waals surface area contributed by atoms with Gasteiger partial charge in [-0.1, -0.05) is 55.4 Å². The Morgan fingerprint density at radius 2 is 0.765 bits per heavy atom. The highest BCUT2D eigenvalue weighted by Crippen LogP contribution is 2.77. The number of hydrogen-bond acceptors (Lipinski definition) is 2. The average molecular weight is 312 g/mol. The molecule has 0 aromatic heterocycles. The van der Waals surface area contributed by atoms with Gasteiger partial charge in [0, 0.05) is 0 Å². The molecular formula is C12H28NP2S2-. The zero-order chi connectivity index (χ0) is 14.0. The summed E-state index contributed by atoms with van der Waals surface area (Å²) in [6.07, 6.45) is -3.38. The van der Waals surface area contributed by atoms with E-state index in [2.05, 4.69) is 55.4 Å². The maximum atomic E-state index is 5.94. The molecule has 0 heterocycles. The molecule has 0 spiro atoms. The SMILES string of the molecule is CC(C)P(=S)([N-]P(=S)(C(C)C)C(C)C)C(C)C. The van der Waals surface area contributed by atoms with E-state index in [9.17, 15) is 0 Å². The Hall–Kier alpha value is 1.26. The van der Waals surface area contributed by atoms with Crippen molar-refractivity contribution in [2.45, 2.75) is 78.0 Å². The fourth-order valence-electron chi connectivity index (χ4n) is 1.82. The minimum absolute atomic E-state index is 0.470. The van der Waals surface area contributed by atoms with E-state index in [0.717, 1.165) is 0 Å². The van der Waals surface area contributed by atoms with E-state index in [4.69, 9.17) is 28.5 Å². The van der Waals surface area contributed by atoms with Gasteiger partial charge in [-0.3, -0.25) is 0 Å². The highest BCUT2D eigenvalue weighted by molar-refractivity contribution is 8.27. The standard InChI is InChI=1S/C12H28NP2S2/c1-9(2)14(16,10(3)4)13-15(17,11(5)6)12(7)8/h9-12H,1-8H3/q-1. The van der Waals surface area contributed by atoms with Crippen molar-refractivity contribution >= 4 is 36.0 Å². The second kappa shape index (κ2) is 6.62. The molecule has 0 aromatic carbocycles. The highest BCUT2D eigenvalue weighted by atomic mass is 32.5. The Morgan fingerprint density at radius 3 is 0.882 bits per heavy atom. The van der Waals surface area contributed by atoms with Gasteiger partial charge < -0.3 is 4.86 Å². The quantitative estimate of drug-likeness (QED) is 0.577. The third-order valence-corrected chi connectivity index (χ3v) is 17.8. The van der Waals surface area contributed by atoms with Gasteiger partial charge in [0.05, 0.1) is 0 Å². The van der Waals surface area contributed by atoms with E-state index in [1.807, 2.05) is 0 Å². The van der Waals surface area contributed by atoms with Crippen molar-refractivity contribution in [2.24, 2.45) is 0 Å². The van der Waals surface area contributed by atoms with E-state index in [0.29, 0.717) is 22.6 Å². The van der Waals surface area contributed by atoms with Gasteiger partial charge >= 0.3 is 0 Å². The van der Waals surface area contributed by atoms with Gasteiger partial charge in [-0.15, -0.1) is 36.0 Å². The predicted octanol–water partition coefficient (Wildman–Crippen LogP) is 5.78. The van der Waals surface area contributed by atoms with Crippen LogP contribution in [0.2, 0.25) is 0 Å². The minimum atomic E-state index is -1.69. The Bertz CT molecular complexity index is 279. The van der Waals surface area contributed by atoms with E-state index in [-0.39, 0.29) is 0 Å². The highest BCUT2D eigenvalue weighted by Gasteiger charge is 2.24. The number of nitrogens with zero attached hydrogens (tertiary/aromatic N) is 1. The summed E-state index contributed by atoms with van der Waals surface area (Å²) in [6, 6.07) is 0. The molecule has 0 aromatic rings. The van der Waals surface area contributed by atoms with Crippen LogP contribution in [0.25, 0.3) is 4.86 Å². The summed E-state index contributed by atoms with van der Waals surface area (Å²) in [5, 5.41) is 0. The van der Waals surface area contributed by atoms with Crippen molar-refractivity contribution < 1.29 is 0 Å². The van der Waals surface area contributed by atoms with Crippen molar-refractivity contribution in [3.05, 3.63) is 4.86 Å². The van der Waals surface area contributed by atoms with Crippen LogP contribution in [0.3, 0.4) is 0 Å². The molecular weight excluding hydrogens is 284 g/mol. The van der Waals surface area contributed by atoms with Crippen molar-refractivity contribution in [3.8, 4) is 0 Å². The molecule has 104 valence electrons. The lowest BCUT2D eigenvalue weighted by molar-refractivity contribution is 1.00. The molecule has 0 aliphatic rings. The van der Waals surface area contributed by atoms with Crippen LogP contribution < -0.4 is 0 Å². The molecule has 1 nitrogen and oxygen atoms in total. The van der Waals surface area contributed by atoms with Crippen LogP contribution in [0.15, 0.2) is 0 Å². The maximum absolute atomic E-state index is 5.94. The second-order valence-corrected chi connectivity index (χ2v) is 16.9. The lowest BCUT2D eigenvalue weighted by atomic mass is 10.5. The summed E-state index contributed by atoms with van der Waals surface area (Å²) in [5.41, 5.74) is 1.88. The summed E-state index contributed by atoms with van der Waals surface area (Å²) in [4.78, 5) is 5.19. The van der Waals surface area contributed by atoms with E-state index >= 15 is 0 Å². The molecule has 5 heteroatoms. The number of rotatable bonds is 6. The first kappa shape index (κ1) is 18.3. The molecule has 0 saturated carbocycles. The third-order valence-electron chi connectivity index (χ3n) is 3.24. The Balaban J connectivity index is 5.39. The fraction of sp³-hybridized carbons (Fsp3) is 1.00. The predicted molar refractivity (Wildman–Crippen MR) is 92.5 cm³/mol. The van der Waals surface area contributed by atoms with Gasteiger partial charge in [-0.25, -0.2) is 0 Å². The fourth-order valence-corrected chi connectivity index (χ4v) is 11.9. The van der Waals surface area contributed by atoms with Crippen LogP contribution in [-0.4, -0.2) is 22.6 Å². The van der Waals surface area contributed by atoms with Crippen LogP contribution >= 0.6 is 12.4 Å². The molecule has 0 radical (unpaired) electrons. The normalized spacial score (nSPS) is 14.4. The Morgan fingerprint density at radius 1 is 0.588 bits per heavy atom. The number of hydrogen-bond donors (Lipinski definition) is 0. The monoisotopic (exact) mass is 312 g/mol. The molecule has 0 rings (SSSR count). The van der Waals surface area contributed by atoms with E-state index in [1.54, 1.807) is 0 Å². The largest absolute Gasteiger partial charge is 0.590 e. The van der Waals surface area contributed by atoms with Crippen LogP contribution in [0.1, 0.15) is 55.4 Å². The van der Waals surface area contributed by atoms with Gasteiger partial charge in [-0.2, -0.15) is 0 Å². The molecule has 0 aliphatic heterocycles. The van der Waals surface area contributed by atoms with Crippen molar-refractivity contribution in [1.29, 1.82) is 0 Å². The summed E-state index contributed by atoms with van der Waals surface area (Å²) >= 11 is 11.9.